The minimum absolute atomic E-state index is 0.195. The highest BCUT2D eigenvalue weighted by atomic mass is 19.1. The van der Waals surface area contributed by atoms with E-state index >= 15 is 4.39 Å². The number of aromatic nitrogens is 5. The number of carbonyl (C=O) groups excluding carboxylic acids is 3. The highest BCUT2D eigenvalue weighted by Gasteiger charge is 2.28. The lowest BCUT2D eigenvalue weighted by atomic mass is 9.95. The number of pyridine rings is 1. The van der Waals surface area contributed by atoms with E-state index in [1.807, 2.05) is 39.8 Å². The van der Waals surface area contributed by atoms with E-state index in [9.17, 15) is 19.5 Å². The van der Waals surface area contributed by atoms with Crippen molar-refractivity contribution in [3.8, 4) is 22.4 Å². The Morgan fingerprint density at radius 3 is 2.37 bits per heavy atom. The third-order valence-corrected chi connectivity index (χ3v) is 12.7. The number of benzene rings is 3. The molecular formula is C49H57FN10O5. The fraction of sp³-hybridized carbons (Fsp3) is 0.408. The Morgan fingerprint density at radius 1 is 0.985 bits per heavy atom. The molecule has 2 aliphatic heterocycles. The van der Waals surface area contributed by atoms with Gasteiger partial charge in [0.1, 0.15) is 17.8 Å². The molecule has 340 valence electrons. The maximum absolute atomic E-state index is 16.0. The predicted molar refractivity (Wildman–Crippen MR) is 248 cm³/mol. The Hall–Kier alpha value is -6.52. The van der Waals surface area contributed by atoms with Crippen molar-refractivity contribution in [3.05, 3.63) is 101 Å². The van der Waals surface area contributed by atoms with Gasteiger partial charge in [-0.15, -0.1) is 0 Å². The number of aliphatic hydroxyl groups excluding tert-OH is 1. The van der Waals surface area contributed by atoms with Gasteiger partial charge in [-0.05, 0) is 103 Å². The molecule has 0 aliphatic carbocycles. The number of H-pyrrole nitrogens is 1. The molecule has 0 radical (unpaired) electrons. The summed E-state index contributed by atoms with van der Waals surface area (Å²) in [4.78, 5) is 53.3. The van der Waals surface area contributed by atoms with Gasteiger partial charge in [-0.25, -0.2) is 9.37 Å². The van der Waals surface area contributed by atoms with Gasteiger partial charge in [-0.2, -0.15) is 10.1 Å². The summed E-state index contributed by atoms with van der Waals surface area (Å²) < 4.78 is 21.2. The molecule has 2 fully saturated rings. The van der Waals surface area contributed by atoms with Crippen LogP contribution < -0.4 is 20.0 Å². The first kappa shape index (κ1) is 45.1. The van der Waals surface area contributed by atoms with E-state index in [2.05, 4.69) is 81.7 Å². The standard InChI is InChI=1S/C49H57FN10O5/c1-31-23-38(11-12-43(31)60(30-63)15-6-22-61)58-16-13-33(14-17-58)28-57-18-20-59(21-19-57)37-9-7-34(8-10-37)35-24-41-44(54-55-45(41)51-27-35)40-25-36(29-62)39(26-42(40)50)32(2)52-46(64)47-53-48(56-65-47)49(3,4)5/h7-12,22-27,30,32-33,62H,6,13-21,28-29H2,1-5H3,(H,52,64)(H,51,54,55)/t32-/m1/s1. The number of anilines is 3. The van der Waals surface area contributed by atoms with E-state index in [1.54, 1.807) is 24.1 Å². The Bertz CT molecular complexity index is 2640. The lowest BCUT2D eigenvalue weighted by Gasteiger charge is -2.40. The zero-order valence-electron chi connectivity index (χ0n) is 37.7. The Balaban J connectivity index is 0.862. The molecule has 5 heterocycles. The van der Waals surface area contributed by atoms with Crippen LogP contribution in [0.4, 0.5) is 21.5 Å². The number of fused-ring (bicyclic) bond motifs is 1. The van der Waals surface area contributed by atoms with Gasteiger partial charge in [0.05, 0.1) is 12.6 Å². The fourth-order valence-electron chi connectivity index (χ4n) is 8.95. The van der Waals surface area contributed by atoms with Crippen molar-refractivity contribution in [2.75, 3.05) is 67.1 Å². The molecule has 2 aliphatic rings. The number of piperidine rings is 1. The van der Waals surface area contributed by atoms with Crippen LogP contribution in [0.2, 0.25) is 0 Å². The van der Waals surface area contributed by atoms with Crippen LogP contribution in [0.25, 0.3) is 33.4 Å². The van der Waals surface area contributed by atoms with E-state index in [0.29, 0.717) is 52.6 Å². The third-order valence-electron chi connectivity index (χ3n) is 12.7. The lowest BCUT2D eigenvalue weighted by Crippen LogP contribution is -2.49. The van der Waals surface area contributed by atoms with Crippen molar-refractivity contribution in [1.82, 2.24) is 35.5 Å². The van der Waals surface area contributed by atoms with Crippen molar-refractivity contribution in [2.24, 2.45) is 5.92 Å². The number of aromatic amines is 1. The van der Waals surface area contributed by atoms with Gasteiger partial charge in [0.15, 0.2) is 11.5 Å². The molecule has 16 heteroatoms. The van der Waals surface area contributed by atoms with Crippen molar-refractivity contribution in [2.45, 2.75) is 71.9 Å². The molecule has 0 unspecified atom stereocenters. The number of nitrogens with one attached hydrogen (secondary N) is 2. The molecular weight excluding hydrogens is 828 g/mol. The minimum atomic E-state index is -0.684. The normalized spacial score (nSPS) is 15.6. The Labute approximate surface area is 378 Å². The number of aryl methyl sites for hydroxylation is 1. The molecule has 2 saturated heterocycles. The van der Waals surface area contributed by atoms with E-state index in [-0.39, 0.29) is 11.5 Å². The average Bonchev–Trinajstić information content (AvgIpc) is 3.99. The Morgan fingerprint density at radius 2 is 1.71 bits per heavy atom. The molecule has 3 aromatic carbocycles. The minimum Gasteiger partial charge on any atom is -0.392 e. The van der Waals surface area contributed by atoms with Crippen molar-refractivity contribution >= 4 is 46.7 Å². The van der Waals surface area contributed by atoms with Gasteiger partial charge in [-0.1, -0.05) is 38.1 Å². The zero-order valence-corrected chi connectivity index (χ0v) is 37.7. The Kier molecular flexibility index (Phi) is 13.4. The number of halogens is 1. The summed E-state index contributed by atoms with van der Waals surface area (Å²) in [6.07, 6.45) is 6.00. The van der Waals surface area contributed by atoms with Gasteiger partial charge in [-0.3, -0.25) is 19.6 Å². The van der Waals surface area contributed by atoms with Crippen LogP contribution in [0.5, 0.6) is 0 Å². The molecule has 65 heavy (non-hydrogen) atoms. The summed E-state index contributed by atoms with van der Waals surface area (Å²) in [6.45, 7) is 16.4. The van der Waals surface area contributed by atoms with Gasteiger partial charge in [0, 0.05) is 104 Å². The van der Waals surface area contributed by atoms with E-state index in [4.69, 9.17) is 4.52 Å². The van der Waals surface area contributed by atoms with Crippen LogP contribution in [0.1, 0.15) is 86.2 Å². The summed E-state index contributed by atoms with van der Waals surface area (Å²) in [5, 5.41) is 25.1. The zero-order chi connectivity index (χ0) is 45.8. The monoisotopic (exact) mass is 884 g/mol. The number of nitrogens with zero attached hydrogens (tertiary/aromatic N) is 8. The number of amides is 2. The molecule has 6 aromatic rings. The summed E-state index contributed by atoms with van der Waals surface area (Å²) >= 11 is 0. The summed E-state index contributed by atoms with van der Waals surface area (Å²) in [5.74, 6) is -0.318. The number of hydrogen-bond acceptors (Lipinski definition) is 12. The number of hydrogen-bond donors (Lipinski definition) is 3. The first-order chi connectivity index (χ1) is 31.3. The highest BCUT2D eigenvalue weighted by molar-refractivity contribution is 5.94. The quantitative estimate of drug-likeness (QED) is 0.0903. The van der Waals surface area contributed by atoms with Crippen LogP contribution >= 0.6 is 0 Å². The predicted octanol–water partition coefficient (Wildman–Crippen LogP) is 6.99. The molecule has 8 rings (SSSR count). The number of aliphatic hydroxyl groups is 1. The number of carbonyl (C=O) groups is 3. The molecule has 0 bridgehead atoms. The van der Waals surface area contributed by atoms with E-state index < -0.39 is 29.8 Å². The van der Waals surface area contributed by atoms with E-state index in [0.717, 1.165) is 99.4 Å². The van der Waals surface area contributed by atoms with Gasteiger partial charge >= 0.3 is 11.8 Å². The maximum atomic E-state index is 16.0. The lowest BCUT2D eigenvalue weighted by molar-refractivity contribution is -0.108. The van der Waals surface area contributed by atoms with Gasteiger partial charge in [0.25, 0.3) is 0 Å². The molecule has 0 saturated carbocycles. The largest absolute Gasteiger partial charge is 0.392 e. The second kappa shape index (κ2) is 19.3. The van der Waals surface area contributed by atoms with Crippen LogP contribution in [0.15, 0.2) is 71.4 Å². The molecule has 1 atom stereocenters. The van der Waals surface area contributed by atoms with Crippen LogP contribution in [0, 0.1) is 18.7 Å². The third kappa shape index (κ3) is 9.93. The molecule has 0 spiro atoms. The molecule has 3 N–H and O–H groups in total. The van der Waals surface area contributed by atoms with Gasteiger partial charge in [0.2, 0.25) is 6.41 Å². The fourth-order valence-corrected chi connectivity index (χ4v) is 8.95. The first-order valence-corrected chi connectivity index (χ1v) is 22.3. The number of rotatable bonds is 15. The molecule has 2 amide bonds. The van der Waals surface area contributed by atoms with Gasteiger partial charge < -0.3 is 34.4 Å². The molecule has 15 nitrogen and oxygen atoms in total. The summed E-state index contributed by atoms with van der Waals surface area (Å²) in [6, 6.07) is 18.8. The number of aldehydes is 1. The smallest absolute Gasteiger partial charge is 0.315 e. The topological polar surface area (TPSA) is 177 Å². The summed E-state index contributed by atoms with van der Waals surface area (Å²) in [5.41, 5.74) is 7.54. The molecule has 3 aromatic heterocycles. The number of piperazine rings is 1. The SMILES string of the molecule is Cc1cc(N2CCC(CN3CCN(c4ccc(-c5cnc6[nH]nc(-c7cc(CO)c([C@@H](C)NC(=O)c8nc(C(C)(C)C)no8)cc7F)c6c5)cc4)CC3)CC2)ccc1N(C=O)CCC=O. The van der Waals surface area contributed by atoms with Crippen molar-refractivity contribution in [1.29, 1.82) is 0 Å². The van der Waals surface area contributed by atoms with Crippen LogP contribution in [-0.2, 0) is 21.6 Å². The van der Waals surface area contributed by atoms with Crippen molar-refractivity contribution < 1.29 is 28.4 Å². The van der Waals surface area contributed by atoms with E-state index in [1.165, 1.54) is 11.8 Å². The second-order valence-electron chi connectivity index (χ2n) is 18.2. The first-order valence-electron chi connectivity index (χ1n) is 22.3. The second-order valence-corrected chi connectivity index (χ2v) is 18.2. The average molecular weight is 885 g/mol. The van der Waals surface area contributed by atoms with Crippen LogP contribution in [0.3, 0.4) is 0 Å². The van der Waals surface area contributed by atoms with Crippen LogP contribution in [-0.4, -0.2) is 106 Å². The maximum Gasteiger partial charge on any atom is 0.315 e. The summed E-state index contributed by atoms with van der Waals surface area (Å²) in [7, 11) is 0. The highest BCUT2D eigenvalue weighted by Crippen LogP contribution is 2.35. The van der Waals surface area contributed by atoms with Crippen molar-refractivity contribution in [3.63, 3.8) is 0 Å².